The Morgan fingerprint density at radius 1 is 0.906 bits per heavy atom. The van der Waals surface area contributed by atoms with E-state index in [2.05, 4.69) is 28.6 Å². The van der Waals surface area contributed by atoms with Crippen molar-refractivity contribution < 1.29 is 34.2 Å². The molecule has 0 aliphatic rings. The number of carbonyl (C=O) groups is 5. The van der Waals surface area contributed by atoms with E-state index in [0.29, 0.717) is 5.75 Å². The lowest BCUT2D eigenvalue weighted by molar-refractivity contribution is -0.142. The van der Waals surface area contributed by atoms with Gasteiger partial charge in [-0.25, -0.2) is 4.79 Å². The summed E-state index contributed by atoms with van der Waals surface area (Å²) in [4.78, 5) is 60.0. The Balaban J connectivity index is 5.46. The van der Waals surface area contributed by atoms with Crippen molar-refractivity contribution in [2.45, 2.75) is 63.7 Å². The van der Waals surface area contributed by atoms with E-state index in [1.165, 1.54) is 11.8 Å². The third kappa shape index (κ3) is 12.2. The SMILES string of the molecule is CSCCC(NC(=O)C(CCC(=O)O)NC(=O)C(N)CS)C(=O)NC(CC(C)C)C(=O)O. The van der Waals surface area contributed by atoms with Crippen molar-refractivity contribution in [3.63, 3.8) is 0 Å². The number of thioether (sulfide) groups is 1. The third-order valence-corrected chi connectivity index (χ3v) is 5.42. The van der Waals surface area contributed by atoms with E-state index in [9.17, 15) is 29.1 Å². The van der Waals surface area contributed by atoms with Gasteiger partial charge in [-0.05, 0) is 37.2 Å². The Morgan fingerprint density at radius 2 is 1.41 bits per heavy atom. The van der Waals surface area contributed by atoms with Gasteiger partial charge < -0.3 is 31.9 Å². The van der Waals surface area contributed by atoms with Crippen LogP contribution < -0.4 is 21.7 Å². The van der Waals surface area contributed by atoms with Gasteiger partial charge in [0.2, 0.25) is 17.7 Å². The Morgan fingerprint density at radius 3 is 1.84 bits per heavy atom. The minimum Gasteiger partial charge on any atom is -0.481 e. The molecule has 0 rings (SSSR count). The van der Waals surface area contributed by atoms with Gasteiger partial charge in [-0.2, -0.15) is 24.4 Å². The average molecular weight is 495 g/mol. The summed E-state index contributed by atoms with van der Waals surface area (Å²) in [6.45, 7) is 3.64. The number of aliphatic carboxylic acids is 2. The number of amides is 3. The topological polar surface area (TPSA) is 188 Å². The summed E-state index contributed by atoms with van der Waals surface area (Å²) in [5.41, 5.74) is 5.60. The second-order valence-electron chi connectivity index (χ2n) is 7.65. The number of hydrogen-bond acceptors (Lipinski definition) is 8. The molecule has 0 aliphatic heterocycles. The molecule has 13 heteroatoms. The predicted octanol–water partition coefficient (Wildman–Crippen LogP) is -0.553. The minimum absolute atomic E-state index is 0.0160. The first kappa shape index (κ1) is 30.0. The molecule has 0 saturated carbocycles. The van der Waals surface area contributed by atoms with Crippen LogP contribution in [0.4, 0.5) is 0 Å². The maximum atomic E-state index is 12.8. The smallest absolute Gasteiger partial charge is 0.326 e. The molecule has 0 radical (unpaired) electrons. The molecule has 0 fully saturated rings. The summed E-state index contributed by atoms with van der Waals surface area (Å²) in [7, 11) is 0. The highest BCUT2D eigenvalue weighted by Crippen LogP contribution is 2.08. The Labute approximate surface area is 197 Å². The molecule has 11 nitrogen and oxygen atoms in total. The summed E-state index contributed by atoms with van der Waals surface area (Å²) in [6, 6.07) is -4.42. The van der Waals surface area contributed by atoms with Gasteiger partial charge in [0.1, 0.15) is 18.1 Å². The summed E-state index contributed by atoms with van der Waals surface area (Å²) >= 11 is 5.35. The van der Waals surface area contributed by atoms with E-state index in [0.717, 1.165) is 0 Å². The van der Waals surface area contributed by atoms with Crippen LogP contribution in [0, 0.1) is 5.92 Å². The molecule has 0 aliphatic carbocycles. The molecule has 4 unspecified atom stereocenters. The monoisotopic (exact) mass is 494 g/mol. The van der Waals surface area contributed by atoms with Crippen molar-refractivity contribution in [3.05, 3.63) is 0 Å². The van der Waals surface area contributed by atoms with Gasteiger partial charge in [0, 0.05) is 12.2 Å². The van der Waals surface area contributed by atoms with Crippen molar-refractivity contribution in [1.82, 2.24) is 16.0 Å². The molecular formula is C19H34N4O7S2. The van der Waals surface area contributed by atoms with E-state index in [1.807, 2.05) is 20.1 Å². The van der Waals surface area contributed by atoms with E-state index >= 15 is 0 Å². The number of nitrogens with one attached hydrogen (secondary N) is 3. The standard InChI is InChI=1S/C19H34N4O7S2/c1-10(2)8-14(19(29)30)23-18(28)13(6-7-32-3)22-17(27)12(4-5-15(24)25)21-16(26)11(20)9-31/h10-14,31H,4-9,20H2,1-3H3,(H,21,26)(H,22,27)(H,23,28)(H,24,25)(H,29,30). The van der Waals surface area contributed by atoms with Gasteiger partial charge in [-0.15, -0.1) is 0 Å². The largest absolute Gasteiger partial charge is 0.481 e. The van der Waals surface area contributed by atoms with Gasteiger partial charge in [-0.1, -0.05) is 13.8 Å². The molecule has 4 atom stereocenters. The van der Waals surface area contributed by atoms with Crippen molar-refractivity contribution in [3.8, 4) is 0 Å². The number of hydrogen-bond donors (Lipinski definition) is 7. The minimum atomic E-state index is -1.24. The Bertz CT molecular complexity index is 664. The molecule has 32 heavy (non-hydrogen) atoms. The van der Waals surface area contributed by atoms with Crippen LogP contribution in [0.15, 0.2) is 0 Å². The van der Waals surface area contributed by atoms with Crippen molar-refractivity contribution in [2.75, 3.05) is 17.8 Å². The van der Waals surface area contributed by atoms with Crippen LogP contribution in [0.5, 0.6) is 0 Å². The van der Waals surface area contributed by atoms with E-state index in [1.54, 1.807) is 0 Å². The fourth-order valence-electron chi connectivity index (χ4n) is 2.64. The fraction of sp³-hybridized carbons (Fsp3) is 0.737. The van der Waals surface area contributed by atoms with Crippen molar-refractivity contribution in [1.29, 1.82) is 0 Å². The lowest BCUT2D eigenvalue weighted by Crippen LogP contribution is -2.57. The number of carboxylic acids is 2. The second-order valence-corrected chi connectivity index (χ2v) is 9.01. The molecule has 184 valence electrons. The molecule has 0 aromatic heterocycles. The first-order valence-electron chi connectivity index (χ1n) is 10.1. The van der Waals surface area contributed by atoms with Gasteiger partial charge in [0.05, 0.1) is 6.04 Å². The van der Waals surface area contributed by atoms with Crippen molar-refractivity contribution >= 4 is 54.1 Å². The number of carbonyl (C=O) groups excluding carboxylic acids is 3. The number of rotatable bonds is 16. The number of carboxylic acid groups (broad SMARTS) is 2. The Hall–Kier alpha value is -1.99. The highest BCUT2D eigenvalue weighted by molar-refractivity contribution is 7.98. The first-order valence-corrected chi connectivity index (χ1v) is 12.2. The molecule has 7 N–H and O–H groups in total. The van der Waals surface area contributed by atoms with E-state index in [-0.39, 0.29) is 30.9 Å². The molecular weight excluding hydrogens is 460 g/mol. The normalized spacial score (nSPS) is 14.7. The van der Waals surface area contributed by atoms with Crippen LogP contribution in [0.25, 0.3) is 0 Å². The van der Waals surface area contributed by atoms with Crippen LogP contribution in [0.3, 0.4) is 0 Å². The fourth-order valence-corrected chi connectivity index (χ4v) is 3.28. The highest BCUT2D eigenvalue weighted by atomic mass is 32.2. The van der Waals surface area contributed by atoms with Crippen LogP contribution in [-0.2, 0) is 24.0 Å². The molecule has 0 spiro atoms. The molecule has 0 aromatic carbocycles. The van der Waals surface area contributed by atoms with Gasteiger partial charge in [0.25, 0.3) is 0 Å². The zero-order valence-corrected chi connectivity index (χ0v) is 20.2. The zero-order chi connectivity index (χ0) is 24.8. The third-order valence-electron chi connectivity index (χ3n) is 4.38. The molecule has 3 amide bonds. The molecule has 0 bridgehead atoms. The van der Waals surface area contributed by atoms with Gasteiger partial charge >= 0.3 is 11.9 Å². The predicted molar refractivity (Wildman–Crippen MR) is 125 cm³/mol. The zero-order valence-electron chi connectivity index (χ0n) is 18.5. The quantitative estimate of drug-likeness (QED) is 0.138. The lowest BCUT2D eigenvalue weighted by Gasteiger charge is -2.25. The molecule has 0 saturated heterocycles. The van der Waals surface area contributed by atoms with Gasteiger partial charge in [0.15, 0.2) is 0 Å². The van der Waals surface area contributed by atoms with E-state index in [4.69, 9.17) is 10.8 Å². The summed E-state index contributed by atoms with van der Waals surface area (Å²) in [6.07, 6.45) is 1.62. The highest BCUT2D eigenvalue weighted by Gasteiger charge is 2.30. The van der Waals surface area contributed by atoms with Crippen molar-refractivity contribution in [2.24, 2.45) is 11.7 Å². The summed E-state index contributed by atoms with van der Waals surface area (Å²) < 4.78 is 0. The lowest BCUT2D eigenvalue weighted by atomic mass is 10.0. The maximum Gasteiger partial charge on any atom is 0.326 e. The number of nitrogens with two attached hydrogens (primary N) is 1. The maximum absolute atomic E-state index is 12.8. The van der Waals surface area contributed by atoms with Crippen LogP contribution in [0.2, 0.25) is 0 Å². The number of thiol groups is 1. The summed E-state index contributed by atoms with van der Waals surface area (Å²) in [5, 5.41) is 25.7. The molecule has 0 heterocycles. The second kappa shape index (κ2) is 15.8. The first-order chi connectivity index (χ1) is 14.9. The average Bonchev–Trinajstić information content (AvgIpc) is 2.71. The van der Waals surface area contributed by atoms with E-state index < -0.39 is 60.2 Å². The van der Waals surface area contributed by atoms with Crippen LogP contribution >= 0.6 is 24.4 Å². The molecule has 0 aromatic rings. The van der Waals surface area contributed by atoms with Crippen LogP contribution in [-0.4, -0.2) is 81.8 Å². The van der Waals surface area contributed by atoms with Crippen LogP contribution in [0.1, 0.15) is 39.5 Å². The Kier molecular flexibility index (Phi) is 14.8. The van der Waals surface area contributed by atoms with Gasteiger partial charge in [-0.3, -0.25) is 19.2 Å². The summed E-state index contributed by atoms with van der Waals surface area (Å²) in [5.74, 6) is -3.93.